The Balaban J connectivity index is 1.93. The van der Waals surface area contributed by atoms with Gasteiger partial charge in [0, 0.05) is 31.7 Å². The number of piperazine rings is 1. The van der Waals surface area contributed by atoms with E-state index in [9.17, 15) is 0 Å². The summed E-state index contributed by atoms with van der Waals surface area (Å²) in [6, 6.07) is 0. The number of hydrogen-bond acceptors (Lipinski definition) is 2. The fourth-order valence-electron chi connectivity index (χ4n) is 4.25. The molecule has 2 aliphatic rings. The van der Waals surface area contributed by atoms with Crippen LogP contribution in [0.2, 0.25) is 0 Å². The van der Waals surface area contributed by atoms with Gasteiger partial charge < -0.3 is 5.32 Å². The van der Waals surface area contributed by atoms with Gasteiger partial charge in [0.15, 0.2) is 0 Å². The quantitative estimate of drug-likeness (QED) is 0.837. The fourth-order valence-corrected chi connectivity index (χ4v) is 4.25. The van der Waals surface area contributed by atoms with E-state index < -0.39 is 0 Å². The second-order valence-corrected chi connectivity index (χ2v) is 7.65. The Morgan fingerprint density at radius 3 is 2.21 bits per heavy atom. The van der Waals surface area contributed by atoms with Crippen LogP contribution in [0, 0.1) is 17.8 Å². The monoisotopic (exact) mass is 266 g/mol. The van der Waals surface area contributed by atoms with Crippen LogP contribution in [-0.2, 0) is 0 Å². The number of rotatable bonds is 4. The molecule has 0 radical (unpaired) electrons. The van der Waals surface area contributed by atoms with E-state index in [0.29, 0.717) is 5.54 Å². The van der Waals surface area contributed by atoms with E-state index >= 15 is 0 Å². The van der Waals surface area contributed by atoms with E-state index in [4.69, 9.17) is 0 Å². The Hall–Kier alpha value is -0.0800. The highest BCUT2D eigenvalue weighted by atomic mass is 15.2. The van der Waals surface area contributed by atoms with Gasteiger partial charge in [-0.25, -0.2) is 0 Å². The van der Waals surface area contributed by atoms with Gasteiger partial charge in [0.25, 0.3) is 0 Å². The predicted octanol–water partition coefficient (Wildman–Crippen LogP) is 3.52. The average molecular weight is 266 g/mol. The molecule has 0 aromatic carbocycles. The van der Waals surface area contributed by atoms with Gasteiger partial charge in [-0.2, -0.15) is 0 Å². The predicted molar refractivity (Wildman–Crippen MR) is 83.4 cm³/mol. The normalized spacial score (nSPS) is 24.8. The van der Waals surface area contributed by atoms with Crippen molar-refractivity contribution in [3.8, 4) is 0 Å². The molecule has 1 saturated carbocycles. The Labute approximate surface area is 120 Å². The minimum Gasteiger partial charge on any atom is -0.309 e. The van der Waals surface area contributed by atoms with Crippen LogP contribution in [0.25, 0.3) is 0 Å². The highest BCUT2D eigenvalue weighted by Gasteiger charge is 2.36. The molecule has 0 amide bonds. The van der Waals surface area contributed by atoms with Crippen LogP contribution >= 0.6 is 0 Å². The van der Waals surface area contributed by atoms with Crippen molar-refractivity contribution in [3.05, 3.63) is 0 Å². The molecule has 2 fully saturated rings. The first-order chi connectivity index (χ1) is 9.02. The Morgan fingerprint density at radius 1 is 1.00 bits per heavy atom. The van der Waals surface area contributed by atoms with Crippen molar-refractivity contribution in [2.75, 3.05) is 26.2 Å². The van der Waals surface area contributed by atoms with Gasteiger partial charge in [-0.15, -0.1) is 0 Å². The van der Waals surface area contributed by atoms with Crippen LogP contribution < -0.4 is 5.32 Å². The molecule has 1 aliphatic heterocycles. The Bertz CT molecular complexity index is 253. The minimum absolute atomic E-state index is 0.467. The molecule has 112 valence electrons. The number of nitrogens with zero attached hydrogens (tertiary/aromatic N) is 1. The average Bonchev–Trinajstić information content (AvgIpc) is 2.36. The fraction of sp³-hybridized carbons (Fsp3) is 1.00. The van der Waals surface area contributed by atoms with Crippen molar-refractivity contribution in [1.29, 1.82) is 0 Å². The maximum absolute atomic E-state index is 3.85. The van der Waals surface area contributed by atoms with Gasteiger partial charge in [0.1, 0.15) is 0 Å². The summed E-state index contributed by atoms with van der Waals surface area (Å²) in [5.74, 6) is 2.45. The first-order valence-corrected chi connectivity index (χ1v) is 8.50. The molecule has 0 aromatic rings. The Morgan fingerprint density at radius 2 is 1.63 bits per heavy atom. The first-order valence-electron chi connectivity index (χ1n) is 8.50. The van der Waals surface area contributed by atoms with Crippen LogP contribution in [0.1, 0.15) is 59.8 Å². The summed E-state index contributed by atoms with van der Waals surface area (Å²) < 4.78 is 0. The van der Waals surface area contributed by atoms with Gasteiger partial charge in [0.05, 0.1) is 0 Å². The molecule has 2 rings (SSSR count). The SMILES string of the molecule is CC(C)C(CN1CCNC2(CCCCC2)C1)C(C)C. The molecule has 2 nitrogen and oxygen atoms in total. The molecule has 2 heteroatoms. The first kappa shape index (κ1) is 15.3. The lowest BCUT2D eigenvalue weighted by molar-refractivity contribution is 0.0711. The molecule has 0 unspecified atom stereocenters. The summed E-state index contributed by atoms with van der Waals surface area (Å²) in [5, 5.41) is 3.85. The van der Waals surface area contributed by atoms with Crippen molar-refractivity contribution in [2.45, 2.75) is 65.3 Å². The third-order valence-electron chi connectivity index (χ3n) is 5.45. The van der Waals surface area contributed by atoms with E-state index in [-0.39, 0.29) is 0 Å². The molecular formula is C17H34N2. The zero-order chi connectivity index (χ0) is 13.9. The third-order valence-corrected chi connectivity index (χ3v) is 5.45. The van der Waals surface area contributed by atoms with Gasteiger partial charge in [0.2, 0.25) is 0 Å². The number of hydrogen-bond donors (Lipinski definition) is 1. The molecule has 1 N–H and O–H groups in total. The van der Waals surface area contributed by atoms with Crippen molar-refractivity contribution in [3.63, 3.8) is 0 Å². The van der Waals surface area contributed by atoms with Gasteiger partial charge in [-0.1, -0.05) is 47.0 Å². The highest BCUT2D eigenvalue weighted by molar-refractivity contribution is 4.97. The molecule has 1 aliphatic carbocycles. The van der Waals surface area contributed by atoms with Crippen molar-refractivity contribution < 1.29 is 0 Å². The summed E-state index contributed by atoms with van der Waals surface area (Å²) >= 11 is 0. The lowest BCUT2D eigenvalue weighted by Gasteiger charge is -2.47. The molecule has 0 atom stereocenters. The summed E-state index contributed by atoms with van der Waals surface area (Å²) in [5.41, 5.74) is 0.467. The van der Waals surface area contributed by atoms with Crippen molar-refractivity contribution in [1.82, 2.24) is 10.2 Å². The molecule has 0 bridgehead atoms. The summed E-state index contributed by atoms with van der Waals surface area (Å²) in [6.45, 7) is 14.6. The lowest BCUT2D eigenvalue weighted by Crippen LogP contribution is -2.61. The van der Waals surface area contributed by atoms with Crippen molar-refractivity contribution in [2.24, 2.45) is 17.8 Å². The molecular weight excluding hydrogens is 232 g/mol. The van der Waals surface area contributed by atoms with Gasteiger partial charge in [-0.3, -0.25) is 4.90 Å². The smallest absolute Gasteiger partial charge is 0.0309 e. The standard InChI is InChI=1S/C17H34N2/c1-14(2)16(15(3)4)12-19-11-10-18-17(13-19)8-6-5-7-9-17/h14-16,18H,5-13H2,1-4H3. The topological polar surface area (TPSA) is 15.3 Å². The van der Waals surface area contributed by atoms with Crippen LogP contribution in [0.3, 0.4) is 0 Å². The van der Waals surface area contributed by atoms with E-state index in [1.54, 1.807) is 0 Å². The minimum atomic E-state index is 0.467. The van der Waals surface area contributed by atoms with E-state index in [0.717, 1.165) is 17.8 Å². The van der Waals surface area contributed by atoms with E-state index in [1.165, 1.54) is 58.3 Å². The molecule has 1 spiro atoms. The summed E-state index contributed by atoms with van der Waals surface area (Å²) in [4.78, 5) is 2.76. The van der Waals surface area contributed by atoms with Crippen LogP contribution in [0.5, 0.6) is 0 Å². The van der Waals surface area contributed by atoms with Crippen LogP contribution in [0.4, 0.5) is 0 Å². The second-order valence-electron chi connectivity index (χ2n) is 7.65. The number of nitrogens with one attached hydrogen (secondary N) is 1. The maximum Gasteiger partial charge on any atom is 0.0309 e. The highest BCUT2D eigenvalue weighted by Crippen LogP contribution is 2.31. The van der Waals surface area contributed by atoms with E-state index in [1.807, 2.05) is 0 Å². The van der Waals surface area contributed by atoms with Gasteiger partial charge in [-0.05, 0) is 30.6 Å². The van der Waals surface area contributed by atoms with Gasteiger partial charge >= 0.3 is 0 Å². The molecule has 0 aromatic heterocycles. The molecule has 1 heterocycles. The maximum atomic E-state index is 3.85. The zero-order valence-electron chi connectivity index (χ0n) is 13.5. The van der Waals surface area contributed by atoms with Crippen LogP contribution in [0.15, 0.2) is 0 Å². The Kier molecular flexibility index (Phi) is 5.30. The van der Waals surface area contributed by atoms with Crippen molar-refractivity contribution >= 4 is 0 Å². The molecule has 19 heavy (non-hydrogen) atoms. The zero-order valence-corrected chi connectivity index (χ0v) is 13.5. The second kappa shape index (κ2) is 6.58. The largest absolute Gasteiger partial charge is 0.309 e. The summed E-state index contributed by atoms with van der Waals surface area (Å²) in [7, 11) is 0. The van der Waals surface area contributed by atoms with E-state index in [2.05, 4.69) is 37.9 Å². The third kappa shape index (κ3) is 3.95. The van der Waals surface area contributed by atoms with Crippen LogP contribution in [-0.4, -0.2) is 36.6 Å². The lowest BCUT2D eigenvalue weighted by atomic mass is 9.79. The molecule has 1 saturated heterocycles. The summed E-state index contributed by atoms with van der Waals surface area (Å²) in [6.07, 6.45) is 7.11.